The summed E-state index contributed by atoms with van der Waals surface area (Å²) in [6.45, 7) is 5.13. The molecular formula is C57H63Cl6F6N13O20. The summed E-state index contributed by atoms with van der Waals surface area (Å²) >= 11 is 36.0. The molecule has 16 N–H and O–H groups in total. The Balaban J connectivity index is 0.000000245. The summed E-state index contributed by atoms with van der Waals surface area (Å²) in [4.78, 5) is 56.6. The van der Waals surface area contributed by atoms with Crippen LogP contribution in [0.5, 0.6) is 0 Å². The number of nitrogens with zero attached hydrogens (tertiary/aromatic N) is 9. The van der Waals surface area contributed by atoms with Gasteiger partial charge in [-0.25, -0.2) is 26.3 Å². The molecule has 4 amide bonds. The highest BCUT2D eigenvalue weighted by atomic mass is 35.5. The van der Waals surface area contributed by atoms with Gasteiger partial charge in [-0.1, -0.05) is 84.9 Å². The normalized spacial score (nSPS) is 28.8. The van der Waals surface area contributed by atoms with Gasteiger partial charge in [0, 0.05) is 31.4 Å². The molecule has 4 aliphatic rings. The first-order valence-corrected chi connectivity index (χ1v) is 31.7. The quantitative estimate of drug-likeness (QED) is 0.0244. The van der Waals surface area contributed by atoms with Crippen molar-refractivity contribution < 1.29 is 126 Å². The number of ether oxygens (including phenoxy) is 4. The fourth-order valence-corrected chi connectivity index (χ4v) is 12.1. The molecule has 0 bridgehead atoms. The molecular weight excluding hydrogens is 1510 g/mol. The number of aliphatic hydroxyl groups is 12. The van der Waals surface area contributed by atoms with Crippen LogP contribution in [0.2, 0.25) is 30.1 Å². The molecule has 4 aromatic rings. The van der Waals surface area contributed by atoms with Gasteiger partial charge in [0.05, 0.1) is 122 Å². The Morgan fingerprint density at radius 2 is 0.676 bits per heavy atom. The molecule has 0 saturated carbocycles. The molecule has 560 valence electrons. The molecule has 4 aromatic carbocycles. The van der Waals surface area contributed by atoms with E-state index >= 15 is 0 Å². The number of hydrogen-bond donors (Lipinski definition) is 16. The Hall–Kier alpha value is -6.63. The van der Waals surface area contributed by atoms with Crippen molar-refractivity contribution in [1.29, 1.82) is 0 Å². The summed E-state index contributed by atoms with van der Waals surface area (Å²) < 4.78 is 104. The number of nitrogens with one attached hydrogen (secondary N) is 4. The number of aliphatic hydroxyl groups excluding tert-OH is 12. The van der Waals surface area contributed by atoms with Crippen LogP contribution in [0.4, 0.5) is 43.4 Å². The van der Waals surface area contributed by atoms with Crippen molar-refractivity contribution in [2.45, 2.75) is 156 Å². The number of hydrogen-bond acceptors (Lipinski definition) is 23. The number of halogens is 12. The SMILES string of the molecule is C[C@H]1OC(CO)[C@H](O)[C@H](O)C1NC(=O)c1c(Cl)c(Cl)c(N=[N+]=[N-])c(Cl)c1Cl.C[C@H]1OC(CO)[C@H](O)[C@H](O)C1NC(=O)c1c(F)c(F)c(N=[N+]=[N-])c(F)c1F.C[C@H]1OC(CO)[C@H](O)[C@H](O)C1NC(=O)c1cc(Cl)c(N=[N+]=[N-])c(Cl)c1.Cc1c(F)cc(C(=O)NC2[C@@H](O)[C@@H](O)C(CO)O[C@@H]2C)cc1F. The fraction of sp³-hybridized carbons (Fsp3) is 0.509. The average molecular weight is 1580 g/mol. The smallest absolute Gasteiger partial charge is 0.257 e. The number of carbonyl (C=O) groups is 4. The van der Waals surface area contributed by atoms with Gasteiger partial charge in [0.2, 0.25) is 0 Å². The minimum Gasteiger partial charge on any atom is -0.394 e. The summed E-state index contributed by atoms with van der Waals surface area (Å²) in [5, 5.41) is 134. The lowest BCUT2D eigenvalue weighted by Gasteiger charge is -2.41. The molecule has 4 fully saturated rings. The van der Waals surface area contributed by atoms with Gasteiger partial charge < -0.3 is 101 Å². The topological polar surface area (TPSA) is 542 Å². The molecule has 8 rings (SSSR count). The highest BCUT2D eigenvalue weighted by Crippen LogP contribution is 2.46. The Labute approximate surface area is 601 Å². The van der Waals surface area contributed by atoms with E-state index in [1.807, 2.05) is 10.2 Å². The van der Waals surface area contributed by atoms with Crippen LogP contribution in [0, 0.1) is 41.8 Å². The third kappa shape index (κ3) is 19.5. The lowest BCUT2D eigenvalue weighted by molar-refractivity contribution is -0.187. The van der Waals surface area contributed by atoms with Gasteiger partial charge in [0.25, 0.3) is 23.6 Å². The second kappa shape index (κ2) is 37.9. The van der Waals surface area contributed by atoms with Crippen LogP contribution in [0.15, 0.2) is 39.6 Å². The zero-order valence-corrected chi connectivity index (χ0v) is 57.4. The van der Waals surface area contributed by atoms with Crippen molar-refractivity contribution in [3.05, 3.63) is 148 Å². The molecule has 33 nitrogen and oxygen atoms in total. The van der Waals surface area contributed by atoms with Gasteiger partial charge in [-0.3, -0.25) is 19.2 Å². The summed E-state index contributed by atoms with van der Waals surface area (Å²) in [6.07, 6.45) is -18.9. The molecule has 0 aliphatic carbocycles. The lowest BCUT2D eigenvalue weighted by Crippen LogP contribution is -2.63. The Morgan fingerprint density at radius 1 is 0.412 bits per heavy atom. The number of amides is 4. The maximum atomic E-state index is 14.0. The van der Waals surface area contributed by atoms with Crippen LogP contribution in [0.3, 0.4) is 0 Å². The summed E-state index contributed by atoms with van der Waals surface area (Å²) in [7, 11) is 0. The van der Waals surface area contributed by atoms with Gasteiger partial charge in [-0.15, -0.1) is 0 Å². The molecule has 8 unspecified atom stereocenters. The molecule has 45 heteroatoms. The Kier molecular flexibility index (Phi) is 31.9. The predicted molar refractivity (Wildman–Crippen MR) is 345 cm³/mol. The van der Waals surface area contributed by atoms with E-state index in [1.165, 1.54) is 32.9 Å². The Bertz CT molecular complexity index is 3670. The first-order valence-electron chi connectivity index (χ1n) is 29.4. The molecule has 4 heterocycles. The van der Waals surface area contributed by atoms with Gasteiger partial charge in [-0.2, -0.15) is 0 Å². The van der Waals surface area contributed by atoms with Gasteiger partial charge >= 0.3 is 0 Å². The number of carbonyl (C=O) groups excluding carboxylic acids is 4. The van der Waals surface area contributed by atoms with Gasteiger partial charge in [0.15, 0.2) is 23.3 Å². The number of rotatable bonds is 15. The monoisotopic (exact) mass is 1570 g/mol. The highest BCUT2D eigenvalue weighted by Gasteiger charge is 2.48. The number of azide groups is 3. The van der Waals surface area contributed by atoms with Gasteiger partial charge in [0.1, 0.15) is 96.1 Å². The fourth-order valence-electron chi connectivity index (χ4n) is 10.5. The summed E-state index contributed by atoms with van der Waals surface area (Å²) in [5.41, 5.74) is 21.1. The largest absolute Gasteiger partial charge is 0.394 e. The summed E-state index contributed by atoms with van der Waals surface area (Å²) in [5.74, 6) is -14.0. The van der Waals surface area contributed by atoms with E-state index in [9.17, 15) is 86.4 Å². The van der Waals surface area contributed by atoms with Crippen LogP contribution in [-0.2, 0) is 18.9 Å². The molecule has 102 heavy (non-hydrogen) atoms. The van der Waals surface area contributed by atoms with Crippen molar-refractivity contribution in [2.24, 2.45) is 15.3 Å². The first kappa shape index (κ1) is 86.0. The second-order valence-electron chi connectivity index (χ2n) is 22.6. The summed E-state index contributed by atoms with van der Waals surface area (Å²) in [6, 6.07) is -0.0646. The van der Waals surface area contributed by atoms with Crippen molar-refractivity contribution in [2.75, 3.05) is 26.4 Å². The highest BCUT2D eigenvalue weighted by molar-refractivity contribution is 6.52. The predicted octanol–water partition coefficient (Wildman–Crippen LogP) is 5.03. The second-order valence-corrected chi connectivity index (χ2v) is 24.9. The van der Waals surface area contributed by atoms with Crippen LogP contribution >= 0.6 is 69.6 Å². The van der Waals surface area contributed by atoms with Crippen molar-refractivity contribution in [3.8, 4) is 0 Å². The standard InChI is InChI=1S/C15H19F2NO5.C14H14Cl4N4O5.C14H16Cl2N4O5.C14H14F4N4O5/c1-6-9(16)3-8(4-10(6)17)15(22)18-12-7(2)23-11(5-19)13(20)14(12)21;1-3-10(13(25)12(24)4(2-23)27-3)20-14(26)5-6(15)8(17)11(21-22-19)9(18)7(5)16;1-5-10(13(23)12(22)9(4-21)25-5)18-14(24)6-2-7(15)11(19-20-17)8(16)3-6;1-3-10(13(25)12(24)4(2-23)27-3)20-14(26)5-6(15)8(17)11(21-22-19)9(18)7(5)16/h3-4,7,11-14,19-21H,5H2,1-2H3,(H,18,22);3-4,10,12-13,23-25H,2H2,1H3,(H,20,26);2-3,5,9-10,12-13,21-23H,4H2,1H3,(H,18,24);3-4,10,12-13,23-25H,2H2,1H3,(H,20,26)/t7-,11?,12?,13+,14-;3-,4?,10?,12+,13-;5-,9?,10?,12+,13-;3-,4?,10?,12+,13-/m1111/s1. The third-order valence-corrected chi connectivity index (χ3v) is 18.3. The maximum Gasteiger partial charge on any atom is 0.257 e. The third-order valence-electron chi connectivity index (χ3n) is 16.1. The first-order chi connectivity index (χ1) is 47.8. The van der Waals surface area contributed by atoms with E-state index < -0.39 is 218 Å². The minimum absolute atomic E-state index is 0.00186. The molecule has 4 aliphatic heterocycles. The van der Waals surface area contributed by atoms with Crippen LogP contribution in [-0.4, -0.2) is 233 Å². The number of benzene rings is 4. The van der Waals surface area contributed by atoms with Crippen molar-refractivity contribution >= 4 is 110 Å². The van der Waals surface area contributed by atoms with Crippen molar-refractivity contribution in [1.82, 2.24) is 21.3 Å². The lowest BCUT2D eigenvalue weighted by atomic mass is 9.93. The Morgan fingerprint density at radius 3 is 0.971 bits per heavy atom. The van der Waals surface area contributed by atoms with E-state index in [2.05, 4.69) is 41.1 Å². The van der Waals surface area contributed by atoms with Gasteiger partial charge in [-0.05, 0) is 75.5 Å². The van der Waals surface area contributed by atoms with Crippen LogP contribution < -0.4 is 21.3 Å². The molecule has 20 atom stereocenters. The van der Waals surface area contributed by atoms with Crippen LogP contribution in [0.1, 0.15) is 74.7 Å². The van der Waals surface area contributed by atoms with E-state index in [-0.39, 0.29) is 63.8 Å². The molecule has 0 spiro atoms. The van der Waals surface area contributed by atoms with E-state index in [0.29, 0.717) is 0 Å². The minimum atomic E-state index is -2.11. The zero-order valence-electron chi connectivity index (χ0n) is 52.9. The van der Waals surface area contributed by atoms with Crippen LogP contribution in [0.25, 0.3) is 31.3 Å². The van der Waals surface area contributed by atoms with E-state index in [1.54, 1.807) is 13.8 Å². The molecule has 0 radical (unpaired) electrons. The maximum absolute atomic E-state index is 14.0. The zero-order chi connectivity index (χ0) is 77.0. The molecule has 0 aromatic heterocycles. The average Bonchev–Trinajstić information content (AvgIpc) is 0.787. The van der Waals surface area contributed by atoms with E-state index in [4.69, 9.17) is 126 Å². The molecule has 4 saturated heterocycles. The van der Waals surface area contributed by atoms with E-state index in [0.717, 1.165) is 12.1 Å². The van der Waals surface area contributed by atoms with Crippen molar-refractivity contribution in [3.63, 3.8) is 0 Å².